The first-order valence-corrected chi connectivity index (χ1v) is 5.50. The molecule has 18 heavy (non-hydrogen) atoms. The Bertz CT molecular complexity index is 634. The Morgan fingerprint density at radius 1 is 1.28 bits per heavy atom. The summed E-state index contributed by atoms with van der Waals surface area (Å²) in [6, 6.07) is 5.73. The Morgan fingerprint density at radius 3 is 2.67 bits per heavy atom. The molecule has 1 aromatic heterocycles. The van der Waals surface area contributed by atoms with Crippen molar-refractivity contribution in [1.29, 1.82) is 0 Å². The van der Waals surface area contributed by atoms with E-state index in [-0.39, 0.29) is 0 Å². The van der Waals surface area contributed by atoms with Crippen LogP contribution in [0.5, 0.6) is 0 Å². The van der Waals surface area contributed by atoms with Crippen LogP contribution in [0.1, 0.15) is 0 Å². The molecule has 0 radical (unpaired) electrons. The molecular formula is C11H5Cl2FN2O2. The zero-order chi connectivity index (χ0) is 13.3. The lowest BCUT2D eigenvalue weighted by Gasteiger charge is -2.04. The van der Waals surface area contributed by atoms with Gasteiger partial charge in [0.15, 0.2) is 0 Å². The maximum Gasteiger partial charge on any atom is 0.324 e. The van der Waals surface area contributed by atoms with Gasteiger partial charge in [-0.25, -0.2) is 4.98 Å². The second-order valence-corrected chi connectivity index (χ2v) is 4.26. The monoisotopic (exact) mass is 286 g/mol. The van der Waals surface area contributed by atoms with Crippen LogP contribution in [0.25, 0.3) is 11.1 Å². The van der Waals surface area contributed by atoms with Gasteiger partial charge in [0.05, 0.1) is 4.92 Å². The quantitative estimate of drug-likeness (QED) is 0.474. The number of halogens is 3. The van der Waals surface area contributed by atoms with Crippen LogP contribution in [0.2, 0.25) is 10.0 Å². The van der Waals surface area contributed by atoms with Crippen LogP contribution in [-0.2, 0) is 0 Å². The van der Waals surface area contributed by atoms with Gasteiger partial charge in [-0.2, -0.15) is 4.39 Å². The van der Waals surface area contributed by atoms with E-state index in [2.05, 4.69) is 4.98 Å². The molecule has 92 valence electrons. The van der Waals surface area contributed by atoms with Crippen LogP contribution in [-0.4, -0.2) is 9.91 Å². The SMILES string of the molecule is O=[N+]([O-])c1cc(-c2cc(Cl)ccc2Cl)cnc1F. The molecule has 0 atom stereocenters. The highest BCUT2D eigenvalue weighted by atomic mass is 35.5. The van der Waals surface area contributed by atoms with Crippen molar-refractivity contribution in [3.05, 3.63) is 56.6 Å². The second kappa shape index (κ2) is 4.88. The first-order valence-electron chi connectivity index (χ1n) is 4.74. The average Bonchev–Trinajstić information content (AvgIpc) is 2.33. The summed E-state index contributed by atoms with van der Waals surface area (Å²) in [6.45, 7) is 0. The van der Waals surface area contributed by atoms with Gasteiger partial charge in [0, 0.05) is 33.4 Å². The van der Waals surface area contributed by atoms with E-state index in [0.29, 0.717) is 21.2 Å². The van der Waals surface area contributed by atoms with E-state index < -0.39 is 16.6 Å². The van der Waals surface area contributed by atoms with Crippen molar-refractivity contribution in [2.24, 2.45) is 0 Å². The predicted octanol–water partition coefficient (Wildman–Crippen LogP) is 4.10. The topological polar surface area (TPSA) is 56.0 Å². The first kappa shape index (κ1) is 12.7. The molecule has 0 unspecified atom stereocenters. The van der Waals surface area contributed by atoms with Crippen molar-refractivity contribution in [2.45, 2.75) is 0 Å². The van der Waals surface area contributed by atoms with Crippen LogP contribution < -0.4 is 0 Å². The van der Waals surface area contributed by atoms with Crippen LogP contribution in [0.15, 0.2) is 30.5 Å². The summed E-state index contributed by atoms with van der Waals surface area (Å²) in [4.78, 5) is 13.1. The highest BCUT2D eigenvalue weighted by molar-refractivity contribution is 6.35. The van der Waals surface area contributed by atoms with Crippen LogP contribution in [0.3, 0.4) is 0 Å². The second-order valence-electron chi connectivity index (χ2n) is 3.42. The highest BCUT2D eigenvalue weighted by Crippen LogP contribution is 2.32. The number of hydrogen-bond acceptors (Lipinski definition) is 3. The van der Waals surface area contributed by atoms with Crippen LogP contribution in [0.4, 0.5) is 10.1 Å². The largest absolute Gasteiger partial charge is 0.324 e. The van der Waals surface area contributed by atoms with Crippen LogP contribution in [0, 0.1) is 16.1 Å². The van der Waals surface area contributed by atoms with E-state index in [1.165, 1.54) is 12.3 Å². The van der Waals surface area contributed by atoms with E-state index >= 15 is 0 Å². The molecule has 1 aromatic carbocycles. The number of benzene rings is 1. The lowest BCUT2D eigenvalue weighted by atomic mass is 10.1. The normalized spacial score (nSPS) is 10.4. The number of nitro groups is 1. The summed E-state index contributed by atoms with van der Waals surface area (Å²) in [5.41, 5.74) is 0.0823. The molecule has 0 amide bonds. The maximum absolute atomic E-state index is 13.1. The molecule has 0 aliphatic carbocycles. The first-order chi connectivity index (χ1) is 8.49. The molecule has 7 heteroatoms. The van der Waals surface area contributed by atoms with Gasteiger partial charge in [-0.15, -0.1) is 0 Å². The highest BCUT2D eigenvalue weighted by Gasteiger charge is 2.17. The molecule has 4 nitrogen and oxygen atoms in total. The number of rotatable bonds is 2. The molecule has 1 heterocycles. The van der Waals surface area contributed by atoms with E-state index in [4.69, 9.17) is 23.2 Å². The summed E-state index contributed by atoms with van der Waals surface area (Å²) >= 11 is 11.8. The van der Waals surface area contributed by atoms with Crippen molar-refractivity contribution < 1.29 is 9.31 Å². The number of nitrogens with zero attached hydrogens (tertiary/aromatic N) is 2. The van der Waals surface area contributed by atoms with Crippen molar-refractivity contribution in [3.63, 3.8) is 0 Å². The molecular weight excluding hydrogens is 282 g/mol. The van der Waals surface area contributed by atoms with E-state index in [1.54, 1.807) is 12.1 Å². The van der Waals surface area contributed by atoms with Gasteiger partial charge in [-0.3, -0.25) is 10.1 Å². The zero-order valence-electron chi connectivity index (χ0n) is 8.73. The predicted molar refractivity (Wildman–Crippen MR) is 66.3 cm³/mol. The third kappa shape index (κ3) is 2.42. The average molecular weight is 287 g/mol. The van der Waals surface area contributed by atoms with Crippen molar-refractivity contribution in [3.8, 4) is 11.1 Å². The Kier molecular flexibility index (Phi) is 3.45. The maximum atomic E-state index is 13.1. The van der Waals surface area contributed by atoms with Crippen molar-refractivity contribution in [1.82, 2.24) is 4.98 Å². The minimum absolute atomic E-state index is 0.329. The lowest BCUT2D eigenvalue weighted by molar-refractivity contribution is -0.388. The van der Waals surface area contributed by atoms with E-state index in [0.717, 1.165) is 6.07 Å². The Balaban J connectivity index is 2.61. The van der Waals surface area contributed by atoms with Gasteiger partial charge in [0.25, 0.3) is 5.95 Å². The molecule has 0 saturated heterocycles. The molecule has 0 bridgehead atoms. The Morgan fingerprint density at radius 2 is 2.00 bits per heavy atom. The third-order valence-electron chi connectivity index (χ3n) is 2.26. The fourth-order valence-corrected chi connectivity index (χ4v) is 1.83. The van der Waals surface area contributed by atoms with Crippen LogP contribution >= 0.6 is 23.2 Å². The minimum atomic E-state index is -1.14. The molecule has 2 rings (SSSR count). The van der Waals surface area contributed by atoms with Crippen molar-refractivity contribution in [2.75, 3.05) is 0 Å². The summed E-state index contributed by atoms with van der Waals surface area (Å²) in [5, 5.41) is 11.4. The summed E-state index contributed by atoms with van der Waals surface area (Å²) in [7, 11) is 0. The van der Waals surface area contributed by atoms with E-state index in [9.17, 15) is 14.5 Å². The van der Waals surface area contributed by atoms with Gasteiger partial charge >= 0.3 is 5.69 Å². The van der Waals surface area contributed by atoms with Gasteiger partial charge in [-0.1, -0.05) is 23.2 Å². The van der Waals surface area contributed by atoms with Gasteiger partial charge in [-0.05, 0) is 18.2 Å². The smallest absolute Gasteiger partial charge is 0.258 e. The fourth-order valence-electron chi connectivity index (χ4n) is 1.43. The number of hydrogen-bond donors (Lipinski definition) is 0. The van der Waals surface area contributed by atoms with Gasteiger partial charge in [0.1, 0.15) is 0 Å². The van der Waals surface area contributed by atoms with Gasteiger partial charge < -0.3 is 0 Å². The molecule has 0 saturated carbocycles. The summed E-state index contributed by atoms with van der Waals surface area (Å²) in [6.07, 6.45) is 1.17. The fraction of sp³-hybridized carbons (Fsp3) is 0. The third-order valence-corrected chi connectivity index (χ3v) is 2.82. The molecule has 0 spiro atoms. The number of aromatic nitrogens is 1. The summed E-state index contributed by atoms with van der Waals surface area (Å²) in [5.74, 6) is -1.14. The molecule has 2 aromatic rings. The zero-order valence-corrected chi connectivity index (χ0v) is 10.2. The minimum Gasteiger partial charge on any atom is -0.258 e. The standard InChI is InChI=1S/C11H5Cl2FN2O2/c12-7-1-2-9(13)8(4-7)6-3-10(16(17)18)11(14)15-5-6/h1-5H. The molecule has 0 aliphatic rings. The Hall–Kier alpha value is -1.72. The lowest BCUT2D eigenvalue weighted by Crippen LogP contribution is -1.96. The number of pyridine rings is 1. The van der Waals surface area contributed by atoms with E-state index in [1.807, 2.05) is 0 Å². The summed E-state index contributed by atoms with van der Waals surface area (Å²) < 4.78 is 13.1. The van der Waals surface area contributed by atoms with Gasteiger partial charge in [0.2, 0.25) is 0 Å². The molecule has 0 aliphatic heterocycles. The molecule has 0 N–H and O–H groups in total. The Labute approximate surface area is 111 Å². The van der Waals surface area contributed by atoms with Crippen molar-refractivity contribution >= 4 is 28.9 Å². The molecule has 0 fully saturated rings.